The monoisotopic (exact) mass is 242 g/mol. The molecule has 0 atom stereocenters. The van der Waals surface area contributed by atoms with Gasteiger partial charge in [0.1, 0.15) is 0 Å². The Balaban J connectivity index is 1.63. The zero-order valence-corrected chi connectivity index (χ0v) is 10.4. The van der Waals surface area contributed by atoms with Crippen LogP contribution < -0.4 is 11.1 Å². The second-order valence-electron chi connectivity index (χ2n) is 4.79. The number of anilines is 2. The molecule has 1 aliphatic carbocycles. The quantitative estimate of drug-likeness (QED) is 0.570. The highest BCUT2D eigenvalue weighted by molar-refractivity contribution is 5.80. The molecule has 0 aliphatic heterocycles. The third-order valence-corrected chi connectivity index (χ3v) is 3.38. The van der Waals surface area contributed by atoms with Gasteiger partial charge in [-0.3, -0.25) is 0 Å². The number of allylic oxidation sites excluding steroid dienone is 1. The smallest absolute Gasteiger partial charge is 0.201 e. The molecule has 18 heavy (non-hydrogen) atoms. The fourth-order valence-corrected chi connectivity index (χ4v) is 2.42. The lowest BCUT2D eigenvalue weighted by atomic mass is 10.2. The molecule has 4 N–H and O–H groups in total. The highest BCUT2D eigenvalue weighted by atomic mass is 15.1. The highest BCUT2D eigenvalue weighted by Gasteiger charge is 2.05. The van der Waals surface area contributed by atoms with Crippen LogP contribution in [0.4, 0.5) is 11.6 Å². The van der Waals surface area contributed by atoms with E-state index in [0.29, 0.717) is 0 Å². The number of nitrogens with zero attached hydrogens (tertiary/aromatic N) is 1. The van der Waals surface area contributed by atoms with Crippen molar-refractivity contribution in [2.75, 3.05) is 17.6 Å². The average Bonchev–Trinajstić information content (AvgIpc) is 2.97. The lowest BCUT2D eigenvalue weighted by molar-refractivity contribution is 0.861. The van der Waals surface area contributed by atoms with E-state index in [4.69, 9.17) is 5.73 Å². The van der Waals surface area contributed by atoms with Gasteiger partial charge < -0.3 is 16.0 Å². The van der Waals surface area contributed by atoms with Crippen molar-refractivity contribution in [1.82, 2.24) is 9.97 Å². The molecule has 0 bridgehead atoms. The highest BCUT2D eigenvalue weighted by Crippen LogP contribution is 2.21. The number of aromatic nitrogens is 2. The Kier molecular flexibility index (Phi) is 2.92. The summed E-state index contributed by atoms with van der Waals surface area (Å²) in [5, 5.41) is 3.33. The SMILES string of the molecule is Nc1ccc2nc(NCCC3=CCCC3)[nH]c2c1. The number of fused-ring (bicyclic) bond motifs is 1. The Hall–Kier alpha value is -1.97. The van der Waals surface area contributed by atoms with Gasteiger partial charge in [-0.15, -0.1) is 0 Å². The number of hydrogen-bond donors (Lipinski definition) is 3. The Bertz CT molecular complexity index is 582. The summed E-state index contributed by atoms with van der Waals surface area (Å²) in [5.74, 6) is 0.828. The summed E-state index contributed by atoms with van der Waals surface area (Å²) >= 11 is 0. The van der Waals surface area contributed by atoms with Crippen LogP contribution in [0.5, 0.6) is 0 Å². The first-order valence-corrected chi connectivity index (χ1v) is 6.48. The van der Waals surface area contributed by atoms with Crippen molar-refractivity contribution in [3.8, 4) is 0 Å². The van der Waals surface area contributed by atoms with Crippen molar-refractivity contribution in [1.29, 1.82) is 0 Å². The van der Waals surface area contributed by atoms with Gasteiger partial charge in [0, 0.05) is 12.2 Å². The van der Waals surface area contributed by atoms with Crippen LogP contribution in [0, 0.1) is 0 Å². The van der Waals surface area contributed by atoms with Gasteiger partial charge in [0.25, 0.3) is 0 Å². The first-order chi connectivity index (χ1) is 8.81. The van der Waals surface area contributed by atoms with Crippen molar-refractivity contribution in [2.24, 2.45) is 0 Å². The van der Waals surface area contributed by atoms with E-state index in [0.717, 1.165) is 35.6 Å². The summed E-state index contributed by atoms with van der Waals surface area (Å²) in [6.45, 7) is 0.932. The number of nitrogens with two attached hydrogens (primary N) is 1. The predicted molar refractivity (Wildman–Crippen MR) is 75.5 cm³/mol. The van der Waals surface area contributed by atoms with Crippen LogP contribution in [0.1, 0.15) is 25.7 Å². The fourth-order valence-electron chi connectivity index (χ4n) is 2.42. The topological polar surface area (TPSA) is 66.7 Å². The summed E-state index contributed by atoms with van der Waals surface area (Å²) in [5.41, 5.74) is 10.0. The first-order valence-electron chi connectivity index (χ1n) is 6.48. The number of nitrogens with one attached hydrogen (secondary N) is 2. The van der Waals surface area contributed by atoms with Gasteiger partial charge in [0.2, 0.25) is 5.95 Å². The molecule has 1 aliphatic rings. The molecule has 1 aromatic heterocycles. The molecular formula is C14H18N4. The lowest BCUT2D eigenvalue weighted by Gasteiger charge is -2.03. The molecule has 0 saturated carbocycles. The van der Waals surface area contributed by atoms with Crippen molar-refractivity contribution in [3.63, 3.8) is 0 Å². The Labute approximate surface area is 106 Å². The van der Waals surface area contributed by atoms with E-state index in [1.54, 1.807) is 5.57 Å². The molecule has 1 heterocycles. The zero-order chi connectivity index (χ0) is 12.4. The van der Waals surface area contributed by atoms with E-state index in [1.807, 2.05) is 18.2 Å². The van der Waals surface area contributed by atoms with Crippen LogP contribution in [0.2, 0.25) is 0 Å². The molecule has 4 heteroatoms. The van der Waals surface area contributed by atoms with Crippen LogP contribution in [0.15, 0.2) is 29.8 Å². The van der Waals surface area contributed by atoms with E-state index in [9.17, 15) is 0 Å². The molecule has 1 aromatic carbocycles. The number of H-pyrrole nitrogens is 1. The van der Waals surface area contributed by atoms with Crippen molar-refractivity contribution < 1.29 is 0 Å². The molecule has 0 spiro atoms. The summed E-state index contributed by atoms with van der Waals surface area (Å²) in [4.78, 5) is 7.72. The summed E-state index contributed by atoms with van der Waals surface area (Å²) in [7, 11) is 0. The predicted octanol–water partition coefficient (Wildman–Crippen LogP) is 3.06. The molecule has 0 radical (unpaired) electrons. The number of nitrogen functional groups attached to an aromatic ring is 1. The summed E-state index contributed by atoms with van der Waals surface area (Å²) in [6.07, 6.45) is 7.30. The Morgan fingerprint density at radius 2 is 2.33 bits per heavy atom. The second-order valence-corrected chi connectivity index (χ2v) is 4.79. The fraction of sp³-hybridized carbons (Fsp3) is 0.357. The minimum absolute atomic E-state index is 0.758. The first kappa shape index (κ1) is 11.1. The number of benzene rings is 1. The number of rotatable bonds is 4. The van der Waals surface area contributed by atoms with Crippen LogP contribution >= 0.6 is 0 Å². The molecule has 0 amide bonds. The van der Waals surface area contributed by atoms with Gasteiger partial charge in [-0.1, -0.05) is 11.6 Å². The van der Waals surface area contributed by atoms with Crippen LogP contribution in [-0.4, -0.2) is 16.5 Å². The van der Waals surface area contributed by atoms with Gasteiger partial charge in [-0.2, -0.15) is 0 Å². The normalized spacial score (nSPS) is 15.0. The third-order valence-electron chi connectivity index (χ3n) is 3.38. The van der Waals surface area contributed by atoms with Crippen molar-refractivity contribution in [3.05, 3.63) is 29.8 Å². The van der Waals surface area contributed by atoms with Gasteiger partial charge in [0.15, 0.2) is 0 Å². The van der Waals surface area contributed by atoms with E-state index in [2.05, 4.69) is 21.4 Å². The summed E-state index contributed by atoms with van der Waals surface area (Å²) < 4.78 is 0. The minimum atomic E-state index is 0.758. The zero-order valence-electron chi connectivity index (χ0n) is 10.4. The maximum Gasteiger partial charge on any atom is 0.201 e. The summed E-state index contributed by atoms with van der Waals surface area (Å²) in [6, 6.07) is 5.72. The number of hydrogen-bond acceptors (Lipinski definition) is 3. The third kappa shape index (κ3) is 2.32. The maximum absolute atomic E-state index is 5.74. The minimum Gasteiger partial charge on any atom is -0.399 e. The standard InChI is InChI=1S/C14H18N4/c15-11-5-6-12-13(9-11)18-14(17-12)16-8-7-10-3-1-2-4-10/h3,5-6,9H,1-2,4,7-8,15H2,(H2,16,17,18). The van der Waals surface area contributed by atoms with E-state index < -0.39 is 0 Å². The second kappa shape index (κ2) is 4.72. The van der Waals surface area contributed by atoms with Gasteiger partial charge in [-0.05, 0) is 43.9 Å². The average molecular weight is 242 g/mol. The van der Waals surface area contributed by atoms with Crippen LogP contribution in [-0.2, 0) is 0 Å². The van der Waals surface area contributed by atoms with Gasteiger partial charge in [0.05, 0.1) is 11.0 Å². The molecule has 0 saturated heterocycles. The number of imidazole rings is 1. The number of aromatic amines is 1. The Morgan fingerprint density at radius 1 is 1.39 bits per heavy atom. The largest absolute Gasteiger partial charge is 0.399 e. The molecule has 2 aromatic rings. The van der Waals surface area contributed by atoms with E-state index in [-0.39, 0.29) is 0 Å². The molecule has 94 valence electrons. The molecule has 3 rings (SSSR count). The van der Waals surface area contributed by atoms with E-state index >= 15 is 0 Å². The van der Waals surface area contributed by atoms with Crippen molar-refractivity contribution in [2.45, 2.75) is 25.7 Å². The maximum atomic E-state index is 5.74. The molecule has 4 nitrogen and oxygen atoms in total. The Morgan fingerprint density at radius 3 is 3.17 bits per heavy atom. The van der Waals surface area contributed by atoms with Crippen LogP contribution in [0.25, 0.3) is 11.0 Å². The van der Waals surface area contributed by atoms with E-state index in [1.165, 1.54) is 19.3 Å². The lowest BCUT2D eigenvalue weighted by Crippen LogP contribution is -2.03. The van der Waals surface area contributed by atoms with Gasteiger partial charge in [-0.25, -0.2) is 4.98 Å². The molecule has 0 fully saturated rings. The molecular weight excluding hydrogens is 224 g/mol. The van der Waals surface area contributed by atoms with Gasteiger partial charge >= 0.3 is 0 Å². The van der Waals surface area contributed by atoms with Crippen LogP contribution in [0.3, 0.4) is 0 Å². The van der Waals surface area contributed by atoms with Crippen molar-refractivity contribution >= 4 is 22.7 Å². The molecule has 0 unspecified atom stereocenters.